The summed E-state index contributed by atoms with van der Waals surface area (Å²) < 4.78 is 6.67. The summed E-state index contributed by atoms with van der Waals surface area (Å²) in [5.41, 5.74) is 0.754. The molecule has 2 aliphatic rings. The van der Waals surface area contributed by atoms with Crippen molar-refractivity contribution < 1.29 is 14.3 Å². The van der Waals surface area contributed by atoms with Crippen LogP contribution in [0.4, 0.5) is 9.59 Å². The van der Waals surface area contributed by atoms with Gasteiger partial charge in [-0.05, 0) is 37.3 Å². The highest BCUT2D eigenvalue weighted by Gasteiger charge is 2.56. The summed E-state index contributed by atoms with van der Waals surface area (Å²) in [5, 5.41) is 9.19. The first-order chi connectivity index (χ1) is 11.5. The van der Waals surface area contributed by atoms with E-state index in [1.54, 1.807) is 16.2 Å². The van der Waals surface area contributed by atoms with Crippen LogP contribution in [0.3, 0.4) is 0 Å². The molecule has 3 amide bonds. The molecule has 6 nitrogen and oxygen atoms in total. The highest BCUT2D eigenvalue weighted by Crippen LogP contribution is 2.34. The van der Waals surface area contributed by atoms with Crippen molar-refractivity contribution in [2.75, 3.05) is 19.6 Å². The minimum absolute atomic E-state index is 0.0602. The summed E-state index contributed by atoms with van der Waals surface area (Å²) in [6, 6.07) is 2.06. The molecule has 4 rings (SSSR count). The average molecular weight is 365 g/mol. The van der Waals surface area contributed by atoms with Crippen molar-refractivity contribution in [2.24, 2.45) is 0 Å². The molecule has 2 fully saturated rings. The number of hydrogen-bond donors (Lipinski definition) is 2. The van der Waals surface area contributed by atoms with Gasteiger partial charge in [0.05, 0.1) is 23.1 Å². The first-order valence-corrected chi connectivity index (χ1v) is 9.65. The smallest absolute Gasteiger partial charge is 0.408 e. The number of rotatable bonds is 3. The molecule has 2 N–H and O–H groups in total. The predicted molar refractivity (Wildman–Crippen MR) is 94.9 cm³/mol. The van der Waals surface area contributed by atoms with Crippen LogP contribution in [-0.4, -0.2) is 48.3 Å². The lowest BCUT2D eigenvalue weighted by Crippen LogP contribution is -2.69. The van der Waals surface area contributed by atoms with Crippen molar-refractivity contribution in [3.8, 4) is 0 Å². The number of ether oxygens (including phenoxy) is 1. The Morgan fingerprint density at radius 2 is 2.33 bits per heavy atom. The standard InChI is InChI=1S/C16H19N3O3S2/c1-9-5-12-11(6-23-13(12)24-9)3-4-17-14(20)19-7-16(8-19)10(2)18-15(21)22-16/h5-6,10H,3-4,7-8H2,1-2H3,(H,17,20)(H,18,21). The molecule has 2 aromatic rings. The van der Waals surface area contributed by atoms with Gasteiger partial charge in [0.2, 0.25) is 0 Å². The number of alkyl carbamates (subject to hydrolysis) is 1. The van der Waals surface area contributed by atoms with Crippen molar-refractivity contribution >= 4 is 44.2 Å². The second-order valence-corrected chi connectivity index (χ2v) is 8.87. The van der Waals surface area contributed by atoms with E-state index in [2.05, 4.69) is 29.0 Å². The van der Waals surface area contributed by atoms with E-state index in [0.717, 1.165) is 6.42 Å². The third-order valence-corrected chi connectivity index (χ3v) is 6.99. The molecule has 2 aliphatic heterocycles. The summed E-state index contributed by atoms with van der Waals surface area (Å²) in [6.07, 6.45) is 0.434. The van der Waals surface area contributed by atoms with E-state index in [0.29, 0.717) is 19.6 Å². The molecule has 2 aromatic heterocycles. The van der Waals surface area contributed by atoms with E-state index >= 15 is 0 Å². The van der Waals surface area contributed by atoms with Crippen molar-refractivity contribution in [2.45, 2.75) is 31.9 Å². The normalized spacial score (nSPS) is 21.7. The zero-order valence-corrected chi connectivity index (χ0v) is 15.2. The van der Waals surface area contributed by atoms with Crippen molar-refractivity contribution in [1.82, 2.24) is 15.5 Å². The van der Waals surface area contributed by atoms with Crippen molar-refractivity contribution in [1.29, 1.82) is 0 Å². The van der Waals surface area contributed by atoms with Crippen LogP contribution in [0.25, 0.3) is 9.40 Å². The molecule has 2 saturated heterocycles. The number of carbonyl (C=O) groups excluding carboxylic acids is 2. The summed E-state index contributed by atoms with van der Waals surface area (Å²) in [6.45, 7) is 5.53. The number of hydrogen-bond acceptors (Lipinski definition) is 5. The Morgan fingerprint density at radius 1 is 1.54 bits per heavy atom. The Morgan fingerprint density at radius 3 is 3.04 bits per heavy atom. The van der Waals surface area contributed by atoms with Gasteiger partial charge in [-0.15, -0.1) is 22.7 Å². The van der Waals surface area contributed by atoms with E-state index in [1.807, 2.05) is 18.3 Å². The minimum atomic E-state index is -0.540. The van der Waals surface area contributed by atoms with Gasteiger partial charge in [-0.3, -0.25) is 0 Å². The second-order valence-electron chi connectivity index (χ2n) is 6.48. The van der Waals surface area contributed by atoms with E-state index in [4.69, 9.17) is 4.74 Å². The van der Waals surface area contributed by atoms with Crippen LogP contribution in [-0.2, 0) is 11.2 Å². The number of urea groups is 1. The third-order valence-electron chi connectivity index (χ3n) is 4.77. The Hall–Kier alpha value is -1.80. The maximum Gasteiger partial charge on any atom is 0.408 e. The SMILES string of the molecule is Cc1cc2c(CCNC(=O)N3CC4(C3)OC(=O)NC4C)csc2s1. The second kappa shape index (κ2) is 5.63. The van der Waals surface area contributed by atoms with Crippen LogP contribution in [0.1, 0.15) is 17.4 Å². The van der Waals surface area contributed by atoms with Crippen LogP contribution >= 0.6 is 22.7 Å². The highest BCUT2D eigenvalue weighted by molar-refractivity contribution is 7.37. The van der Waals surface area contributed by atoms with Gasteiger partial charge < -0.3 is 20.3 Å². The lowest BCUT2D eigenvalue weighted by molar-refractivity contribution is -0.0669. The van der Waals surface area contributed by atoms with Gasteiger partial charge in [0.15, 0.2) is 5.60 Å². The van der Waals surface area contributed by atoms with Gasteiger partial charge in [-0.25, -0.2) is 9.59 Å². The molecule has 0 aromatic carbocycles. The Kier molecular flexibility index (Phi) is 3.69. The molecule has 0 bridgehead atoms. The monoisotopic (exact) mass is 365 g/mol. The molecular formula is C16H19N3O3S2. The van der Waals surface area contributed by atoms with Crippen LogP contribution in [0.2, 0.25) is 0 Å². The number of nitrogens with zero attached hydrogens (tertiary/aromatic N) is 1. The fourth-order valence-electron chi connectivity index (χ4n) is 3.29. The molecule has 0 saturated carbocycles. The topological polar surface area (TPSA) is 70.7 Å². The quantitative estimate of drug-likeness (QED) is 0.879. The largest absolute Gasteiger partial charge is 0.437 e. The Labute approximate surface area is 147 Å². The minimum Gasteiger partial charge on any atom is -0.437 e. The zero-order valence-electron chi connectivity index (χ0n) is 13.5. The molecule has 24 heavy (non-hydrogen) atoms. The van der Waals surface area contributed by atoms with Crippen LogP contribution < -0.4 is 10.6 Å². The number of fused-ring (bicyclic) bond motifs is 1. The number of nitrogens with one attached hydrogen (secondary N) is 2. The fraction of sp³-hybridized carbons (Fsp3) is 0.500. The van der Waals surface area contributed by atoms with Crippen molar-refractivity contribution in [3.05, 3.63) is 21.9 Å². The summed E-state index contributed by atoms with van der Waals surface area (Å²) in [5.74, 6) is 0. The highest BCUT2D eigenvalue weighted by atomic mass is 32.2. The van der Waals surface area contributed by atoms with Crippen molar-refractivity contribution in [3.63, 3.8) is 0 Å². The summed E-state index contributed by atoms with van der Waals surface area (Å²) >= 11 is 3.59. The number of likely N-dealkylation sites (tertiary alicyclic amines) is 1. The molecule has 0 radical (unpaired) electrons. The van der Waals surface area contributed by atoms with Gasteiger partial charge in [0.1, 0.15) is 0 Å². The van der Waals surface area contributed by atoms with Gasteiger partial charge in [-0.1, -0.05) is 0 Å². The lowest BCUT2D eigenvalue weighted by Gasteiger charge is -2.47. The Bertz CT molecular complexity index is 807. The van der Waals surface area contributed by atoms with E-state index in [1.165, 1.54) is 19.8 Å². The first kappa shape index (κ1) is 15.7. The molecule has 1 spiro atoms. The molecule has 0 aliphatic carbocycles. The fourth-order valence-corrected chi connectivity index (χ4v) is 5.61. The van der Waals surface area contributed by atoms with Gasteiger partial charge in [-0.2, -0.15) is 0 Å². The third kappa shape index (κ3) is 2.53. The predicted octanol–water partition coefficient (Wildman–Crippen LogP) is 2.71. The molecule has 1 atom stereocenters. The Balaban J connectivity index is 1.28. The maximum atomic E-state index is 12.2. The molecular weight excluding hydrogens is 346 g/mol. The molecule has 4 heterocycles. The van der Waals surface area contributed by atoms with E-state index in [9.17, 15) is 9.59 Å². The number of aryl methyl sites for hydroxylation is 1. The molecule has 1 unspecified atom stereocenters. The zero-order chi connectivity index (χ0) is 16.9. The molecule has 8 heteroatoms. The lowest BCUT2D eigenvalue weighted by atomic mass is 9.88. The molecule has 128 valence electrons. The van der Waals surface area contributed by atoms with Gasteiger partial charge in [0, 0.05) is 16.8 Å². The maximum absolute atomic E-state index is 12.2. The van der Waals surface area contributed by atoms with E-state index < -0.39 is 11.7 Å². The van der Waals surface area contributed by atoms with Gasteiger partial charge >= 0.3 is 12.1 Å². The number of thiophene rings is 2. The summed E-state index contributed by atoms with van der Waals surface area (Å²) in [7, 11) is 0. The summed E-state index contributed by atoms with van der Waals surface area (Å²) in [4.78, 5) is 26.5. The average Bonchev–Trinajstić information content (AvgIpc) is 3.10. The van der Waals surface area contributed by atoms with Crippen LogP contribution in [0, 0.1) is 6.92 Å². The van der Waals surface area contributed by atoms with Crippen LogP contribution in [0.5, 0.6) is 0 Å². The van der Waals surface area contributed by atoms with Gasteiger partial charge in [0.25, 0.3) is 0 Å². The van der Waals surface area contributed by atoms with Crippen LogP contribution in [0.15, 0.2) is 11.4 Å². The van der Waals surface area contributed by atoms with E-state index in [-0.39, 0.29) is 12.1 Å². The number of amides is 3. The first-order valence-electron chi connectivity index (χ1n) is 7.96. The number of carbonyl (C=O) groups is 2.